The van der Waals surface area contributed by atoms with Gasteiger partial charge in [-0.2, -0.15) is 0 Å². The summed E-state index contributed by atoms with van der Waals surface area (Å²) < 4.78 is 23.4. The standard InChI is InChI=1S/C19H20FNO5/c1-10-16(19(24)25-4)11(2)21-17(10)18(23)12(3)26-15(22)9-13-7-5-6-8-14(13)20/h5-8,12,21H,9H2,1-4H3/t12-/m1/s1. The Morgan fingerprint density at radius 1 is 1.19 bits per heavy atom. The first kappa shape index (κ1) is 19.4. The number of Topliss-reactive ketones (excluding diaryl/α,β-unsaturated/α-hetero) is 1. The van der Waals surface area contributed by atoms with Crippen molar-refractivity contribution in [3.05, 3.63) is 58.2 Å². The highest BCUT2D eigenvalue weighted by Crippen LogP contribution is 2.21. The molecule has 1 aromatic carbocycles. The zero-order chi connectivity index (χ0) is 19.4. The zero-order valence-corrected chi connectivity index (χ0v) is 15.0. The molecule has 1 aromatic heterocycles. The number of rotatable bonds is 6. The van der Waals surface area contributed by atoms with Crippen molar-refractivity contribution in [3.63, 3.8) is 0 Å². The number of aryl methyl sites for hydroxylation is 1. The van der Waals surface area contributed by atoms with Crippen molar-refractivity contribution in [1.82, 2.24) is 4.98 Å². The Morgan fingerprint density at radius 2 is 1.85 bits per heavy atom. The van der Waals surface area contributed by atoms with Crippen LogP contribution in [-0.2, 0) is 20.7 Å². The molecule has 6 nitrogen and oxygen atoms in total. The van der Waals surface area contributed by atoms with Crippen LogP contribution in [-0.4, -0.2) is 35.9 Å². The minimum atomic E-state index is -1.09. The van der Waals surface area contributed by atoms with E-state index in [4.69, 9.17) is 9.47 Å². The van der Waals surface area contributed by atoms with Crippen LogP contribution in [0.4, 0.5) is 4.39 Å². The first-order valence-corrected chi connectivity index (χ1v) is 8.00. The van der Waals surface area contributed by atoms with Crippen LogP contribution in [0.5, 0.6) is 0 Å². The number of aromatic amines is 1. The molecule has 0 aliphatic carbocycles. The molecule has 0 amide bonds. The number of hydrogen-bond acceptors (Lipinski definition) is 5. The van der Waals surface area contributed by atoms with E-state index in [0.717, 1.165) is 0 Å². The molecule has 0 unspecified atom stereocenters. The summed E-state index contributed by atoms with van der Waals surface area (Å²) in [7, 11) is 1.25. The lowest BCUT2D eigenvalue weighted by atomic mass is 10.1. The zero-order valence-electron chi connectivity index (χ0n) is 15.0. The molecule has 0 bridgehead atoms. The Balaban J connectivity index is 2.11. The van der Waals surface area contributed by atoms with Crippen LogP contribution in [0.25, 0.3) is 0 Å². The SMILES string of the molecule is COC(=O)c1c(C)[nH]c(C(=O)[C@@H](C)OC(=O)Cc2ccccc2F)c1C. The number of methoxy groups -OCH3 is 1. The number of esters is 2. The maximum atomic E-state index is 13.6. The van der Waals surface area contributed by atoms with Crippen LogP contribution >= 0.6 is 0 Å². The van der Waals surface area contributed by atoms with Gasteiger partial charge in [-0.1, -0.05) is 18.2 Å². The maximum absolute atomic E-state index is 13.6. The Labute approximate surface area is 150 Å². The highest BCUT2D eigenvalue weighted by atomic mass is 19.1. The summed E-state index contributed by atoms with van der Waals surface area (Å²) in [6, 6.07) is 5.85. The first-order valence-electron chi connectivity index (χ1n) is 8.00. The molecule has 138 valence electrons. The fourth-order valence-electron chi connectivity index (χ4n) is 2.70. The summed E-state index contributed by atoms with van der Waals surface area (Å²) in [5, 5.41) is 0. The predicted molar refractivity (Wildman–Crippen MR) is 91.6 cm³/mol. The molecule has 0 saturated heterocycles. The van der Waals surface area contributed by atoms with Gasteiger partial charge in [0, 0.05) is 5.69 Å². The molecule has 1 N–H and O–H groups in total. The van der Waals surface area contributed by atoms with Crippen LogP contribution < -0.4 is 0 Å². The number of nitrogens with one attached hydrogen (secondary N) is 1. The summed E-state index contributed by atoms with van der Waals surface area (Å²) in [5.41, 5.74) is 1.56. The van der Waals surface area contributed by atoms with Gasteiger partial charge >= 0.3 is 11.9 Å². The third kappa shape index (κ3) is 3.99. The van der Waals surface area contributed by atoms with E-state index in [1.807, 2.05) is 0 Å². The minimum absolute atomic E-state index is 0.175. The highest BCUT2D eigenvalue weighted by Gasteiger charge is 2.27. The largest absolute Gasteiger partial charge is 0.465 e. The summed E-state index contributed by atoms with van der Waals surface area (Å²) in [4.78, 5) is 39.2. The van der Waals surface area contributed by atoms with Crippen molar-refractivity contribution in [2.24, 2.45) is 0 Å². The fourth-order valence-corrected chi connectivity index (χ4v) is 2.70. The second-order valence-corrected chi connectivity index (χ2v) is 5.88. The van der Waals surface area contributed by atoms with Crippen LogP contribution in [0.15, 0.2) is 24.3 Å². The van der Waals surface area contributed by atoms with Crippen molar-refractivity contribution >= 4 is 17.7 Å². The van der Waals surface area contributed by atoms with Gasteiger partial charge in [0.1, 0.15) is 5.82 Å². The van der Waals surface area contributed by atoms with Crippen molar-refractivity contribution in [2.45, 2.75) is 33.3 Å². The van der Waals surface area contributed by atoms with Gasteiger partial charge < -0.3 is 14.5 Å². The molecular formula is C19H20FNO5. The number of hydrogen-bond donors (Lipinski definition) is 1. The summed E-state index contributed by atoms with van der Waals surface area (Å²) in [6.45, 7) is 4.68. The first-order chi connectivity index (χ1) is 12.3. The van der Waals surface area contributed by atoms with Crippen molar-refractivity contribution in [1.29, 1.82) is 0 Å². The fraction of sp³-hybridized carbons (Fsp3) is 0.316. The molecule has 1 heterocycles. The third-order valence-electron chi connectivity index (χ3n) is 4.04. The lowest BCUT2D eigenvalue weighted by molar-refractivity contribution is -0.145. The third-order valence-corrected chi connectivity index (χ3v) is 4.04. The molecule has 26 heavy (non-hydrogen) atoms. The molecule has 1 atom stereocenters. The molecule has 0 radical (unpaired) electrons. The highest BCUT2D eigenvalue weighted by molar-refractivity contribution is 6.04. The average molecular weight is 361 g/mol. The van der Waals surface area contributed by atoms with Gasteiger partial charge in [-0.15, -0.1) is 0 Å². The average Bonchev–Trinajstić information content (AvgIpc) is 2.90. The Morgan fingerprint density at radius 3 is 2.46 bits per heavy atom. The molecule has 0 saturated carbocycles. The quantitative estimate of drug-likeness (QED) is 0.632. The summed E-state index contributed by atoms with van der Waals surface area (Å²) >= 11 is 0. The van der Waals surface area contributed by atoms with Crippen LogP contribution in [0.2, 0.25) is 0 Å². The predicted octanol–water partition coefficient (Wildman–Crippen LogP) is 2.91. The molecule has 0 aliphatic rings. The van der Waals surface area contributed by atoms with E-state index in [9.17, 15) is 18.8 Å². The molecule has 0 spiro atoms. The van der Waals surface area contributed by atoms with Crippen molar-refractivity contribution in [2.75, 3.05) is 7.11 Å². The Hall–Kier alpha value is -2.96. The number of carbonyl (C=O) groups is 3. The monoisotopic (exact) mass is 361 g/mol. The Kier molecular flexibility index (Phi) is 5.92. The maximum Gasteiger partial charge on any atom is 0.339 e. The smallest absolute Gasteiger partial charge is 0.339 e. The number of halogens is 1. The summed E-state index contributed by atoms with van der Waals surface area (Å²) in [6.07, 6.45) is -1.36. The van der Waals surface area contributed by atoms with E-state index < -0.39 is 29.6 Å². The lowest BCUT2D eigenvalue weighted by Gasteiger charge is -2.12. The summed E-state index contributed by atoms with van der Waals surface area (Å²) in [5.74, 6) is -2.27. The van der Waals surface area contributed by atoms with Gasteiger partial charge in [0.25, 0.3) is 0 Å². The van der Waals surface area contributed by atoms with E-state index in [1.165, 1.54) is 32.2 Å². The van der Waals surface area contributed by atoms with E-state index in [1.54, 1.807) is 19.9 Å². The second kappa shape index (κ2) is 7.95. The normalized spacial score (nSPS) is 11.7. The number of benzene rings is 1. The Bertz CT molecular complexity index is 856. The van der Waals surface area contributed by atoms with Crippen LogP contribution in [0, 0.1) is 19.7 Å². The van der Waals surface area contributed by atoms with Crippen LogP contribution in [0.3, 0.4) is 0 Å². The topological polar surface area (TPSA) is 85.5 Å². The second-order valence-electron chi connectivity index (χ2n) is 5.88. The van der Waals surface area contributed by atoms with E-state index in [0.29, 0.717) is 11.3 Å². The molecule has 7 heteroatoms. The lowest BCUT2D eigenvalue weighted by Crippen LogP contribution is -2.26. The number of H-pyrrole nitrogens is 1. The molecule has 2 aromatic rings. The van der Waals surface area contributed by atoms with Crippen molar-refractivity contribution < 1.29 is 28.2 Å². The van der Waals surface area contributed by atoms with Crippen molar-refractivity contribution in [3.8, 4) is 0 Å². The molecular weight excluding hydrogens is 341 g/mol. The van der Waals surface area contributed by atoms with E-state index in [2.05, 4.69) is 4.98 Å². The number of ether oxygens (including phenoxy) is 2. The van der Waals surface area contributed by atoms with Crippen LogP contribution in [0.1, 0.15) is 44.6 Å². The molecule has 0 fully saturated rings. The number of aromatic nitrogens is 1. The molecule has 2 rings (SSSR count). The van der Waals surface area contributed by atoms with Gasteiger partial charge in [-0.05, 0) is 38.0 Å². The van der Waals surface area contributed by atoms with E-state index >= 15 is 0 Å². The number of ketones is 1. The van der Waals surface area contributed by atoms with Gasteiger partial charge in [0.15, 0.2) is 6.10 Å². The minimum Gasteiger partial charge on any atom is -0.465 e. The molecule has 0 aliphatic heterocycles. The van der Waals surface area contributed by atoms with E-state index in [-0.39, 0.29) is 23.2 Å². The van der Waals surface area contributed by atoms with Gasteiger partial charge in [-0.25, -0.2) is 9.18 Å². The number of carbonyl (C=O) groups excluding carboxylic acids is 3. The van der Waals surface area contributed by atoms with Gasteiger partial charge in [0.2, 0.25) is 5.78 Å². The van der Waals surface area contributed by atoms with Gasteiger partial charge in [0.05, 0.1) is 24.8 Å². The van der Waals surface area contributed by atoms with Gasteiger partial charge in [-0.3, -0.25) is 9.59 Å².